The van der Waals surface area contributed by atoms with Gasteiger partial charge in [0.1, 0.15) is 0 Å². The Kier molecular flexibility index (Phi) is 3.73. The molecule has 0 aromatic rings. The summed E-state index contributed by atoms with van der Waals surface area (Å²) in [5, 5.41) is 8.72. The predicted molar refractivity (Wildman–Crippen MR) is 57.6 cm³/mol. The Bertz CT molecular complexity index is 234. The molecule has 0 aliphatic carbocycles. The van der Waals surface area contributed by atoms with E-state index < -0.39 is 5.97 Å². The van der Waals surface area contributed by atoms with Gasteiger partial charge in [0.15, 0.2) is 0 Å². The van der Waals surface area contributed by atoms with Gasteiger partial charge < -0.3 is 15.6 Å². The molecule has 0 saturated carbocycles. The first-order valence-corrected chi connectivity index (χ1v) is 5.42. The first kappa shape index (κ1) is 12.5. The molecule has 4 nitrogen and oxygen atoms in total. The van der Waals surface area contributed by atoms with Gasteiger partial charge in [-0.3, -0.25) is 4.79 Å². The summed E-state index contributed by atoms with van der Waals surface area (Å²) in [4.78, 5) is 10.6. The lowest BCUT2D eigenvalue weighted by molar-refractivity contribution is -0.148. The van der Waals surface area contributed by atoms with Crippen LogP contribution in [0.25, 0.3) is 0 Å². The zero-order chi connectivity index (χ0) is 11.6. The number of carboxylic acid groups (broad SMARTS) is 1. The van der Waals surface area contributed by atoms with Crippen molar-refractivity contribution in [1.82, 2.24) is 0 Å². The van der Waals surface area contributed by atoms with E-state index in [9.17, 15) is 4.79 Å². The molecule has 4 heteroatoms. The summed E-state index contributed by atoms with van der Waals surface area (Å²) in [6.07, 6.45) is 1.36. The average Bonchev–Trinajstić information content (AvgIpc) is 1.99. The van der Waals surface area contributed by atoms with Gasteiger partial charge >= 0.3 is 5.97 Å². The Morgan fingerprint density at radius 1 is 1.47 bits per heavy atom. The Morgan fingerprint density at radius 3 is 2.53 bits per heavy atom. The Labute approximate surface area is 90.8 Å². The zero-order valence-electron chi connectivity index (χ0n) is 9.69. The molecule has 0 bridgehead atoms. The Morgan fingerprint density at radius 2 is 2.07 bits per heavy atom. The first-order chi connectivity index (χ1) is 6.79. The van der Waals surface area contributed by atoms with Gasteiger partial charge in [-0.2, -0.15) is 0 Å². The van der Waals surface area contributed by atoms with Crippen molar-refractivity contribution in [3.05, 3.63) is 0 Å². The largest absolute Gasteiger partial charge is 0.481 e. The van der Waals surface area contributed by atoms with Gasteiger partial charge in [-0.1, -0.05) is 20.8 Å². The highest BCUT2D eigenvalue weighted by molar-refractivity contribution is 5.67. The molecule has 0 aromatic carbocycles. The van der Waals surface area contributed by atoms with E-state index in [1.54, 1.807) is 0 Å². The third-order valence-corrected chi connectivity index (χ3v) is 2.81. The summed E-state index contributed by atoms with van der Waals surface area (Å²) in [5.74, 6) is -0.818. The molecule has 1 saturated heterocycles. The van der Waals surface area contributed by atoms with E-state index >= 15 is 0 Å². The quantitative estimate of drug-likeness (QED) is 0.730. The van der Waals surface area contributed by atoms with Gasteiger partial charge in [-0.05, 0) is 18.3 Å². The van der Waals surface area contributed by atoms with Crippen molar-refractivity contribution < 1.29 is 14.6 Å². The molecule has 3 atom stereocenters. The summed E-state index contributed by atoms with van der Waals surface area (Å²) in [6, 6.07) is 0.0623. The Balaban J connectivity index is 2.59. The number of nitrogens with two attached hydrogens (primary N) is 1. The lowest BCUT2D eigenvalue weighted by Gasteiger charge is -2.40. The number of carboxylic acids is 1. The van der Waals surface area contributed by atoms with Crippen LogP contribution < -0.4 is 5.73 Å². The third kappa shape index (κ3) is 3.80. The predicted octanol–water partition coefficient (Wildman–Crippen LogP) is 1.38. The van der Waals surface area contributed by atoms with Crippen molar-refractivity contribution in [2.45, 2.75) is 58.3 Å². The molecular weight excluding hydrogens is 194 g/mol. The van der Waals surface area contributed by atoms with E-state index in [2.05, 4.69) is 20.8 Å². The highest BCUT2D eigenvalue weighted by atomic mass is 16.5. The molecule has 0 aromatic heterocycles. The highest BCUT2D eigenvalue weighted by Gasteiger charge is 2.35. The molecule has 1 aliphatic rings. The van der Waals surface area contributed by atoms with Crippen LogP contribution in [0.4, 0.5) is 0 Å². The molecule has 88 valence electrons. The molecule has 1 heterocycles. The van der Waals surface area contributed by atoms with Crippen LogP contribution in [0.1, 0.15) is 40.0 Å². The van der Waals surface area contributed by atoms with Gasteiger partial charge in [0.2, 0.25) is 0 Å². The van der Waals surface area contributed by atoms with E-state index in [1.165, 1.54) is 0 Å². The van der Waals surface area contributed by atoms with E-state index in [0.29, 0.717) is 6.42 Å². The van der Waals surface area contributed by atoms with Gasteiger partial charge in [0, 0.05) is 6.04 Å². The topological polar surface area (TPSA) is 72.6 Å². The fraction of sp³-hybridized carbons (Fsp3) is 0.909. The van der Waals surface area contributed by atoms with E-state index in [0.717, 1.165) is 6.42 Å². The maximum atomic E-state index is 10.6. The highest BCUT2D eigenvalue weighted by Crippen LogP contribution is 2.32. The molecule has 1 aliphatic heterocycles. The Hall–Kier alpha value is -0.610. The van der Waals surface area contributed by atoms with Crippen LogP contribution in [0.2, 0.25) is 0 Å². The minimum Gasteiger partial charge on any atom is -0.481 e. The number of hydrogen-bond donors (Lipinski definition) is 2. The lowest BCUT2D eigenvalue weighted by atomic mass is 9.82. The van der Waals surface area contributed by atoms with Crippen LogP contribution in [0.5, 0.6) is 0 Å². The minimum atomic E-state index is -0.818. The van der Waals surface area contributed by atoms with Gasteiger partial charge in [-0.15, -0.1) is 0 Å². The fourth-order valence-electron chi connectivity index (χ4n) is 1.94. The van der Waals surface area contributed by atoms with Crippen LogP contribution in [0.15, 0.2) is 0 Å². The van der Waals surface area contributed by atoms with Crippen LogP contribution in [0.3, 0.4) is 0 Å². The summed E-state index contributed by atoms with van der Waals surface area (Å²) in [6.45, 7) is 6.27. The molecule has 0 spiro atoms. The summed E-state index contributed by atoms with van der Waals surface area (Å²) < 4.78 is 5.77. The zero-order valence-corrected chi connectivity index (χ0v) is 9.69. The third-order valence-electron chi connectivity index (χ3n) is 2.81. The number of rotatable bonds is 2. The number of aliphatic carboxylic acids is 1. The summed E-state index contributed by atoms with van der Waals surface area (Å²) >= 11 is 0. The van der Waals surface area contributed by atoms with Crippen molar-refractivity contribution in [3.8, 4) is 0 Å². The maximum absolute atomic E-state index is 10.6. The summed E-state index contributed by atoms with van der Waals surface area (Å²) in [7, 11) is 0. The van der Waals surface area contributed by atoms with E-state index in [4.69, 9.17) is 15.6 Å². The second-order valence-corrected chi connectivity index (χ2v) is 5.44. The van der Waals surface area contributed by atoms with Crippen molar-refractivity contribution in [1.29, 1.82) is 0 Å². The summed E-state index contributed by atoms with van der Waals surface area (Å²) in [5.41, 5.74) is 5.94. The number of ether oxygens (including phenoxy) is 1. The van der Waals surface area contributed by atoms with Crippen molar-refractivity contribution in [2.75, 3.05) is 0 Å². The molecule has 15 heavy (non-hydrogen) atoms. The first-order valence-electron chi connectivity index (χ1n) is 5.42. The smallest absolute Gasteiger partial charge is 0.305 e. The molecule has 0 amide bonds. The van der Waals surface area contributed by atoms with Gasteiger partial charge in [0.05, 0.1) is 18.6 Å². The van der Waals surface area contributed by atoms with Crippen LogP contribution >= 0.6 is 0 Å². The van der Waals surface area contributed by atoms with Gasteiger partial charge in [-0.25, -0.2) is 0 Å². The van der Waals surface area contributed by atoms with Gasteiger partial charge in [0.25, 0.3) is 0 Å². The molecule has 0 radical (unpaired) electrons. The molecule has 1 fully saturated rings. The van der Waals surface area contributed by atoms with Crippen molar-refractivity contribution in [3.63, 3.8) is 0 Å². The molecular formula is C11H21NO3. The standard InChI is InChI=1S/C11H21NO3/c1-11(2,3)9-5-7(12)4-8(15-9)6-10(13)14/h7-9H,4-6,12H2,1-3H3,(H,13,14)/t7-,8-,9?/m0/s1. The lowest BCUT2D eigenvalue weighted by Crippen LogP contribution is -2.46. The molecule has 3 N–H and O–H groups in total. The average molecular weight is 215 g/mol. The fourth-order valence-corrected chi connectivity index (χ4v) is 1.94. The second kappa shape index (κ2) is 4.49. The van der Waals surface area contributed by atoms with Crippen LogP contribution in [0, 0.1) is 5.41 Å². The number of hydrogen-bond acceptors (Lipinski definition) is 3. The minimum absolute atomic E-state index is 0.0226. The molecule has 1 rings (SSSR count). The van der Waals surface area contributed by atoms with Crippen LogP contribution in [-0.4, -0.2) is 29.3 Å². The maximum Gasteiger partial charge on any atom is 0.305 e. The SMILES string of the molecule is CC(C)(C)C1C[C@@H](N)C[C@@H](CC(=O)O)O1. The second-order valence-electron chi connectivity index (χ2n) is 5.44. The van der Waals surface area contributed by atoms with Crippen LogP contribution in [-0.2, 0) is 9.53 Å². The number of carbonyl (C=O) groups is 1. The van der Waals surface area contributed by atoms with Crippen molar-refractivity contribution >= 4 is 5.97 Å². The normalized spacial score (nSPS) is 32.7. The van der Waals surface area contributed by atoms with E-state index in [1.807, 2.05) is 0 Å². The molecule has 1 unspecified atom stereocenters. The van der Waals surface area contributed by atoms with E-state index in [-0.39, 0.29) is 30.1 Å². The monoisotopic (exact) mass is 215 g/mol. The van der Waals surface area contributed by atoms with Crippen molar-refractivity contribution in [2.24, 2.45) is 11.1 Å².